The van der Waals surface area contributed by atoms with Crippen LogP contribution in [-0.4, -0.2) is 99.2 Å². The minimum atomic E-state index is -4.47. The Bertz CT molecular complexity index is 1700. The maximum Gasteiger partial charge on any atom is 0.416 e. The van der Waals surface area contributed by atoms with Gasteiger partial charge in [0, 0.05) is 60.3 Å². The van der Waals surface area contributed by atoms with Gasteiger partial charge in [0.05, 0.1) is 23.4 Å². The highest BCUT2D eigenvalue weighted by Crippen LogP contribution is 2.36. The summed E-state index contributed by atoms with van der Waals surface area (Å²) in [6.07, 6.45) is -3.99. The predicted octanol–water partition coefficient (Wildman–Crippen LogP) is 8.12. The van der Waals surface area contributed by atoms with Crippen molar-refractivity contribution in [1.29, 1.82) is 0 Å². The summed E-state index contributed by atoms with van der Waals surface area (Å²) in [6, 6.07) is 17.5. The first-order chi connectivity index (χ1) is 24.8. The number of carbonyl (C=O) groups excluding carboxylic acids is 1. The van der Waals surface area contributed by atoms with Crippen LogP contribution in [0.4, 0.5) is 26.3 Å². The molecule has 0 spiro atoms. The van der Waals surface area contributed by atoms with Gasteiger partial charge in [0.15, 0.2) is 6.29 Å². The Morgan fingerprint density at radius 1 is 1.02 bits per heavy atom. The molecule has 1 aromatic heterocycles. The summed E-state index contributed by atoms with van der Waals surface area (Å²) in [6.45, 7) is 3.64. The SMILES string of the molecule is CN[C@H](c1ccccc1)C(F)(F)F.CO.COCCN(C)C1CCN(Cc2c(-c3cccc(C(F)(F)F)c3)nc3ccc(SC)cc3c2C=O)CC1. The second-order valence-corrected chi connectivity index (χ2v) is 13.0. The number of nitrogens with one attached hydrogen (secondary N) is 1. The number of aliphatic hydroxyl groups is 1. The summed E-state index contributed by atoms with van der Waals surface area (Å²) in [5.74, 6) is 0. The first-order valence-electron chi connectivity index (χ1n) is 16.6. The average molecular weight is 753 g/mol. The lowest BCUT2D eigenvalue weighted by Gasteiger charge is -2.37. The largest absolute Gasteiger partial charge is 0.416 e. The van der Waals surface area contributed by atoms with Crippen molar-refractivity contribution < 1.29 is 41.0 Å². The molecule has 0 unspecified atom stereocenters. The van der Waals surface area contributed by atoms with E-state index in [0.717, 1.165) is 68.3 Å². The van der Waals surface area contributed by atoms with E-state index < -0.39 is 24.0 Å². The fourth-order valence-electron chi connectivity index (χ4n) is 6.13. The molecule has 1 atom stereocenters. The van der Waals surface area contributed by atoms with Crippen molar-refractivity contribution in [2.45, 2.75) is 48.7 Å². The minimum Gasteiger partial charge on any atom is -0.400 e. The number of rotatable bonds is 11. The van der Waals surface area contributed by atoms with Crippen molar-refractivity contribution >= 4 is 29.0 Å². The molecule has 1 fully saturated rings. The number of likely N-dealkylation sites (tertiary alicyclic amines) is 1. The number of aromatic nitrogens is 1. The Balaban J connectivity index is 0.000000408. The number of hydrogen-bond donors (Lipinski definition) is 2. The van der Waals surface area contributed by atoms with Crippen LogP contribution in [0, 0.1) is 0 Å². The maximum absolute atomic E-state index is 13.5. The van der Waals surface area contributed by atoms with E-state index in [-0.39, 0.29) is 5.56 Å². The molecule has 1 aliphatic heterocycles. The fourth-order valence-corrected chi connectivity index (χ4v) is 6.57. The molecule has 5 rings (SSSR count). The van der Waals surface area contributed by atoms with Crippen LogP contribution in [0.15, 0.2) is 77.7 Å². The van der Waals surface area contributed by atoms with Crippen molar-refractivity contribution in [2.75, 3.05) is 60.8 Å². The van der Waals surface area contributed by atoms with Crippen molar-refractivity contribution in [1.82, 2.24) is 20.1 Å². The Labute approximate surface area is 305 Å². The zero-order chi connectivity index (χ0) is 38.5. The number of nitrogens with zero attached hydrogens (tertiary/aromatic N) is 3. The lowest BCUT2D eigenvalue weighted by molar-refractivity contribution is -0.156. The van der Waals surface area contributed by atoms with Crippen LogP contribution in [-0.2, 0) is 17.5 Å². The number of methoxy groups -OCH3 is 1. The molecule has 52 heavy (non-hydrogen) atoms. The van der Waals surface area contributed by atoms with Crippen molar-refractivity contribution in [3.8, 4) is 11.3 Å². The smallest absolute Gasteiger partial charge is 0.400 e. The molecule has 284 valence electrons. The summed E-state index contributed by atoms with van der Waals surface area (Å²) in [4.78, 5) is 22.9. The number of piperidine rings is 1. The number of carbonyl (C=O) groups is 1. The van der Waals surface area contributed by atoms with Gasteiger partial charge >= 0.3 is 12.4 Å². The van der Waals surface area contributed by atoms with E-state index in [9.17, 15) is 31.1 Å². The first-order valence-corrected chi connectivity index (χ1v) is 17.8. The minimum absolute atomic E-state index is 0.234. The van der Waals surface area contributed by atoms with Crippen LogP contribution in [0.25, 0.3) is 22.2 Å². The fraction of sp³-hybridized carbons (Fsp3) is 0.421. The molecule has 0 saturated carbocycles. The number of alkyl halides is 6. The van der Waals surface area contributed by atoms with Crippen LogP contribution in [0.2, 0.25) is 0 Å². The topological polar surface area (TPSA) is 77.9 Å². The van der Waals surface area contributed by atoms with Crippen LogP contribution in [0.5, 0.6) is 0 Å². The zero-order valence-electron chi connectivity index (χ0n) is 29.9. The second kappa shape index (κ2) is 20.1. The van der Waals surface area contributed by atoms with Crippen LogP contribution < -0.4 is 5.32 Å². The molecule has 4 aromatic rings. The normalized spacial score (nSPS) is 14.7. The number of benzene rings is 3. The Morgan fingerprint density at radius 2 is 1.69 bits per heavy atom. The summed E-state index contributed by atoms with van der Waals surface area (Å²) in [5, 5.41) is 9.96. The number of aliphatic hydroxyl groups excluding tert-OH is 1. The molecular weight excluding hydrogens is 706 g/mol. The number of aldehydes is 1. The molecule has 0 aliphatic carbocycles. The van der Waals surface area contributed by atoms with E-state index in [2.05, 4.69) is 22.2 Å². The number of ether oxygens (including phenoxy) is 1. The third kappa shape index (κ3) is 11.5. The molecule has 14 heteroatoms. The molecule has 2 N–H and O–H groups in total. The first kappa shape index (κ1) is 42.9. The van der Waals surface area contributed by atoms with E-state index in [1.807, 2.05) is 24.5 Å². The standard InChI is InChI=1S/C28H32F3N3O2S.C9H10F3N.CH4O/c1-33(13-14-36-2)21-9-11-34(12-10-21)17-24-25(18-35)23-16-22(37-3)7-8-26(23)32-27(24)19-5-4-6-20(15-19)28(29,30)31;1-13-8(9(10,11)12)7-5-3-2-4-6-7;1-2/h4-8,15-16,18,21H,9-14,17H2,1-3H3;2-6,8,13H,1H3;2H,1H3/t;8-;/m.1./s1. The summed E-state index contributed by atoms with van der Waals surface area (Å²) in [5.41, 5.74) is 2.05. The third-order valence-corrected chi connectivity index (χ3v) is 9.60. The predicted molar refractivity (Wildman–Crippen MR) is 195 cm³/mol. The molecule has 0 bridgehead atoms. The van der Waals surface area contributed by atoms with Crippen molar-refractivity contribution in [3.05, 3.63) is 95.1 Å². The highest BCUT2D eigenvalue weighted by molar-refractivity contribution is 7.98. The van der Waals surface area contributed by atoms with Gasteiger partial charge in [-0.3, -0.25) is 9.69 Å². The molecule has 0 radical (unpaired) electrons. The molecule has 1 aliphatic rings. The molecule has 7 nitrogen and oxygen atoms in total. The van der Waals surface area contributed by atoms with Gasteiger partial charge < -0.3 is 20.1 Å². The van der Waals surface area contributed by atoms with Gasteiger partial charge in [0.2, 0.25) is 0 Å². The highest BCUT2D eigenvalue weighted by atomic mass is 32.2. The monoisotopic (exact) mass is 752 g/mol. The lowest BCUT2D eigenvalue weighted by atomic mass is 9.95. The van der Waals surface area contributed by atoms with Gasteiger partial charge in [-0.05, 0) is 82.2 Å². The van der Waals surface area contributed by atoms with Gasteiger partial charge in [-0.2, -0.15) is 26.3 Å². The van der Waals surface area contributed by atoms with Crippen molar-refractivity contribution in [3.63, 3.8) is 0 Å². The average Bonchev–Trinajstić information content (AvgIpc) is 3.14. The summed E-state index contributed by atoms with van der Waals surface area (Å²) in [7, 11) is 6.10. The zero-order valence-corrected chi connectivity index (χ0v) is 30.7. The maximum atomic E-state index is 13.5. The molecular formula is C38H46F6N4O3S. The van der Waals surface area contributed by atoms with Gasteiger partial charge in [-0.25, -0.2) is 4.98 Å². The van der Waals surface area contributed by atoms with Crippen LogP contribution in [0.1, 0.15) is 45.9 Å². The molecule has 1 saturated heterocycles. The van der Waals surface area contributed by atoms with Gasteiger partial charge in [-0.1, -0.05) is 42.5 Å². The molecule has 2 heterocycles. The second-order valence-electron chi connectivity index (χ2n) is 12.1. The Morgan fingerprint density at radius 3 is 2.25 bits per heavy atom. The van der Waals surface area contributed by atoms with E-state index in [1.54, 1.807) is 43.1 Å². The van der Waals surface area contributed by atoms with Crippen molar-refractivity contribution in [2.24, 2.45) is 0 Å². The Hall–Kier alpha value is -3.53. The summed E-state index contributed by atoms with van der Waals surface area (Å²) < 4.78 is 82.8. The number of fused-ring (bicyclic) bond motifs is 1. The number of hydrogen-bond acceptors (Lipinski definition) is 8. The van der Waals surface area contributed by atoms with Gasteiger partial charge in [-0.15, -0.1) is 11.8 Å². The number of likely N-dealkylation sites (N-methyl/N-ethyl adjacent to an activating group) is 1. The number of thioether (sulfide) groups is 1. The Kier molecular flexibility index (Phi) is 16.5. The third-order valence-electron chi connectivity index (χ3n) is 8.88. The van der Waals surface area contributed by atoms with E-state index >= 15 is 0 Å². The quantitative estimate of drug-likeness (QED) is 0.0905. The number of pyridine rings is 1. The van der Waals surface area contributed by atoms with Gasteiger partial charge in [0.1, 0.15) is 6.04 Å². The van der Waals surface area contributed by atoms with E-state index in [1.165, 1.54) is 25.2 Å². The van der Waals surface area contributed by atoms with Crippen LogP contribution >= 0.6 is 11.8 Å². The van der Waals surface area contributed by atoms with E-state index in [0.29, 0.717) is 47.1 Å². The summed E-state index contributed by atoms with van der Waals surface area (Å²) >= 11 is 1.57. The molecule has 3 aromatic carbocycles. The van der Waals surface area contributed by atoms with Gasteiger partial charge in [0.25, 0.3) is 0 Å². The number of halogens is 6. The van der Waals surface area contributed by atoms with E-state index in [4.69, 9.17) is 14.8 Å². The highest BCUT2D eigenvalue weighted by Gasteiger charge is 2.39. The molecule has 0 amide bonds. The van der Waals surface area contributed by atoms with Crippen LogP contribution in [0.3, 0.4) is 0 Å². The lowest BCUT2D eigenvalue weighted by Crippen LogP contribution is -2.44.